The summed E-state index contributed by atoms with van der Waals surface area (Å²) in [6.45, 7) is 0.267. The van der Waals surface area contributed by atoms with Crippen molar-refractivity contribution in [1.82, 2.24) is 0 Å². The minimum atomic E-state index is -0.474. The van der Waals surface area contributed by atoms with Crippen LogP contribution in [0.15, 0.2) is 78.4 Å². The second-order valence-corrected chi connectivity index (χ2v) is 6.93. The predicted octanol–water partition coefficient (Wildman–Crippen LogP) is 6.12. The van der Waals surface area contributed by atoms with E-state index in [9.17, 15) is 10.1 Å². The number of para-hydroxylation sites is 1. The van der Waals surface area contributed by atoms with E-state index < -0.39 is 5.91 Å². The second kappa shape index (κ2) is 9.79. The first-order chi connectivity index (χ1) is 14.0. The molecule has 3 rings (SSSR count). The fraction of sp³-hybridized carbons (Fsp3) is 0.0435. The number of hydrogen-bond donors (Lipinski definition) is 1. The average molecular weight is 423 g/mol. The third-order valence-electron chi connectivity index (χ3n) is 3.98. The molecule has 0 saturated heterocycles. The Bertz CT molecular complexity index is 1090. The highest BCUT2D eigenvalue weighted by Gasteiger charge is 2.10. The van der Waals surface area contributed by atoms with E-state index in [1.165, 1.54) is 6.08 Å². The molecule has 0 aliphatic carbocycles. The van der Waals surface area contributed by atoms with Crippen LogP contribution in [0.4, 0.5) is 5.69 Å². The van der Waals surface area contributed by atoms with Gasteiger partial charge in [0.25, 0.3) is 5.91 Å². The fourth-order valence-electron chi connectivity index (χ4n) is 2.53. The summed E-state index contributed by atoms with van der Waals surface area (Å²) in [6.07, 6.45) is 1.51. The highest BCUT2D eigenvalue weighted by atomic mass is 35.5. The molecule has 0 spiro atoms. The molecule has 0 radical (unpaired) electrons. The van der Waals surface area contributed by atoms with Gasteiger partial charge in [-0.25, -0.2) is 0 Å². The number of anilines is 1. The molecule has 0 unspecified atom stereocenters. The summed E-state index contributed by atoms with van der Waals surface area (Å²) in [5.74, 6) is 0.114. The zero-order chi connectivity index (χ0) is 20.6. The monoisotopic (exact) mass is 422 g/mol. The number of carbonyl (C=O) groups excluding carboxylic acids is 1. The second-order valence-electron chi connectivity index (χ2n) is 6.09. The maximum absolute atomic E-state index is 12.4. The molecule has 1 amide bonds. The number of nitriles is 1. The zero-order valence-electron chi connectivity index (χ0n) is 15.2. The molecule has 0 aliphatic rings. The third-order valence-corrected chi connectivity index (χ3v) is 4.56. The molecule has 0 aromatic heterocycles. The first kappa shape index (κ1) is 20.5. The van der Waals surface area contributed by atoms with Gasteiger partial charge in [0.05, 0.1) is 0 Å². The number of halogens is 2. The van der Waals surface area contributed by atoms with E-state index in [0.717, 1.165) is 5.56 Å². The molecule has 0 atom stereocenters. The molecule has 144 valence electrons. The van der Waals surface area contributed by atoms with Gasteiger partial charge in [0.15, 0.2) is 0 Å². The predicted molar refractivity (Wildman–Crippen MR) is 116 cm³/mol. The van der Waals surface area contributed by atoms with Crippen LogP contribution >= 0.6 is 23.2 Å². The van der Waals surface area contributed by atoms with E-state index in [1.807, 2.05) is 12.1 Å². The maximum atomic E-state index is 12.4. The summed E-state index contributed by atoms with van der Waals surface area (Å²) in [4.78, 5) is 12.4. The SMILES string of the molecule is N#C/C(=C\c1cccc(OCc2ccc(Cl)cc2Cl)c1)C(=O)Nc1ccccc1. The number of nitrogens with one attached hydrogen (secondary N) is 1. The summed E-state index contributed by atoms with van der Waals surface area (Å²) >= 11 is 12.1. The van der Waals surface area contributed by atoms with Crippen LogP contribution in [-0.4, -0.2) is 5.91 Å². The van der Waals surface area contributed by atoms with Crippen molar-refractivity contribution in [3.05, 3.63) is 99.5 Å². The van der Waals surface area contributed by atoms with Gasteiger partial charge in [0.2, 0.25) is 0 Å². The van der Waals surface area contributed by atoms with Crippen molar-refractivity contribution in [2.45, 2.75) is 6.61 Å². The largest absolute Gasteiger partial charge is 0.489 e. The molecule has 0 bridgehead atoms. The van der Waals surface area contributed by atoms with Crippen molar-refractivity contribution in [3.8, 4) is 11.8 Å². The Morgan fingerprint density at radius 1 is 1.03 bits per heavy atom. The Labute approximate surface area is 179 Å². The van der Waals surface area contributed by atoms with Gasteiger partial charge in [0, 0.05) is 21.3 Å². The minimum Gasteiger partial charge on any atom is -0.489 e. The van der Waals surface area contributed by atoms with Crippen LogP contribution in [0.1, 0.15) is 11.1 Å². The summed E-state index contributed by atoms with van der Waals surface area (Å²) in [7, 11) is 0. The molecule has 4 nitrogen and oxygen atoms in total. The maximum Gasteiger partial charge on any atom is 0.266 e. The lowest BCUT2D eigenvalue weighted by molar-refractivity contribution is -0.112. The van der Waals surface area contributed by atoms with E-state index in [4.69, 9.17) is 27.9 Å². The fourth-order valence-corrected chi connectivity index (χ4v) is 2.99. The van der Waals surface area contributed by atoms with Gasteiger partial charge < -0.3 is 10.1 Å². The summed E-state index contributed by atoms with van der Waals surface area (Å²) in [6, 6.07) is 23.2. The lowest BCUT2D eigenvalue weighted by atomic mass is 10.1. The molecule has 0 heterocycles. The van der Waals surface area contributed by atoms with Crippen molar-refractivity contribution in [1.29, 1.82) is 5.26 Å². The van der Waals surface area contributed by atoms with Gasteiger partial charge in [0.1, 0.15) is 24.0 Å². The van der Waals surface area contributed by atoms with Crippen LogP contribution < -0.4 is 10.1 Å². The molecule has 29 heavy (non-hydrogen) atoms. The summed E-state index contributed by atoms with van der Waals surface area (Å²) < 4.78 is 5.78. The Balaban J connectivity index is 1.71. The molecule has 0 aliphatic heterocycles. The van der Waals surface area contributed by atoms with Gasteiger partial charge in [-0.2, -0.15) is 5.26 Å². The van der Waals surface area contributed by atoms with Crippen molar-refractivity contribution in [2.24, 2.45) is 0 Å². The van der Waals surface area contributed by atoms with Crippen LogP contribution in [-0.2, 0) is 11.4 Å². The molecule has 3 aromatic rings. The highest BCUT2D eigenvalue weighted by Crippen LogP contribution is 2.23. The summed E-state index contributed by atoms with van der Waals surface area (Å²) in [5.41, 5.74) is 2.09. The zero-order valence-corrected chi connectivity index (χ0v) is 16.7. The van der Waals surface area contributed by atoms with Crippen LogP contribution in [0.2, 0.25) is 10.0 Å². The van der Waals surface area contributed by atoms with E-state index in [1.54, 1.807) is 66.7 Å². The van der Waals surface area contributed by atoms with Crippen LogP contribution in [0, 0.1) is 11.3 Å². The standard InChI is InChI=1S/C23H16Cl2N2O2/c24-19-10-9-17(22(25)13-19)15-29-21-8-4-5-16(12-21)11-18(14-26)23(28)27-20-6-2-1-3-7-20/h1-13H,15H2,(H,27,28)/b18-11+. The average Bonchev–Trinajstić information content (AvgIpc) is 2.72. The van der Waals surface area contributed by atoms with E-state index in [0.29, 0.717) is 27.0 Å². The molecular weight excluding hydrogens is 407 g/mol. The Morgan fingerprint density at radius 2 is 1.83 bits per heavy atom. The highest BCUT2D eigenvalue weighted by molar-refractivity contribution is 6.35. The lowest BCUT2D eigenvalue weighted by Crippen LogP contribution is -2.13. The number of carbonyl (C=O) groups is 1. The smallest absolute Gasteiger partial charge is 0.266 e. The van der Waals surface area contributed by atoms with Crippen molar-refractivity contribution in [2.75, 3.05) is 5.32 Å². The van der Waals surface area contributed by atoms with Gasteiger partial charge in [-0.3, -0.25) is 4.79 Å². The molecule has 6 heteroatoms. The van der Waals surface area contributed by atoms with Gasteiger partial charge in [-0.05, 0) is 48.0 Å². The van der Waals surface area contributed by atoms with Crippen LogP contribution in [0.3, 0.4) is 0 Å². The van der Waals surface area contributed by atoms with Gasteiger partial charge in [-0.1, -0.05) is 59.6 Å². The minimum absolute atomic E-state index is 0.00764. The number of ether oxygens (including phenoxy) is 1. The number of amides is 1. The molecule has 3 aromatic carbocycles. The van der Waals surface area contributed by atoms with E-state index >= 15 is 0 Å². The molecule has 0 saturated carbocycles. The Morgan fingerprint density at radius 3 is 2.55 bits per heavy atom. The van der Waals surface area contributed by atoms with E-state index in [-0.39, 0.29) is 12.2 Å². The first-order valence-electron chi connectivity index (χ1n) is 8.70. The molecule has 1 N–H and O–H groups in total. The number of nitrogens with zero attached hydrogens (tertiary/aromatic N) is 1. The number of hydrogen-bond acceptors (Lipinski definition) is 3. The normalized spacial score (nSPS) is 10.9. The van der Waals surface area contributed by atoms with Gasteiger partial charge >= 0.3 is 0 Å². The summed E-state index contributed by atoms with van der Waals surface area (Å²) in [5, 5.41) is 13.2. The number of benzene rings is 3. The van der Waals surface area contributed by atoms with Crippen molar-refractivity contribution >= 4 is 40.9 Å². The van der Waals surface area contributed by atoms with Crippen molar-refractivity contribution < 1.29 is 9.53 Å². The number of rotatable bonds is 6. The first-order valence-corrected chi connectivity index (χ1v) is 9.46. The Hall–Kier alpha value is -3.26. The lowest BCUT2D eigenvalue weighted by Gasteiger charge is -2.09. The van der Waals surface area contributed by atoms with E-state index in [2.05, 4.69) is 5.32 Å². The topological polar surface area (TPSA) is 62.1 Å². The van der Waals surface area contributed by atoms with Gasteiger partial charge in [-0.15, -0.1) is 0 Å². The van der Waals surface area contributed by atoms with Crippen LogP contribution in [0.25, 0.3) is 6.08 Å². The van der Waals surface area contributed by atoms with Crippen molar-refractivity contribution in [3.63, 3.8) is 0 Å². The molecule has 0 fully saturated rings. The third kappa shape index (κ3) is 5.86. The van der Waals surface area contributed by atoms with Crippen LogP contribution in [0.5, 0.6) is 5.75 Å². The molecular formula is C23H16Cl2N2O2. The quantitative estimate of drug-likeness (QED) is 0.384. The Kier molecular flexibility index (Phi) is 6.91.